The molecule has 1 N–H and O–H groups in total. The minimum Gasteiger partial charge on any atom is -0.441 e. The molecule has 0 unspecified atom stereocenters. The summed E-state index contributed by atoms with van der Waals surface area (Å²) >= 11 is 0. The Labute approximate surface area is 155 Å². The molecule has 2 aromatic rings. The molecule has 6 nitrogen and oxygen atoms in total. The van der Waals surface area contributed by atoms with E-state index >= 15 is 0 Å². The van der Waals surface area contributed by atoms with E-state index < -0.39 is 0 Å². The van der Waals surface area contributed by atoms with Crippen molar-refractivity contribution in [3.8, 4) is 11.5 Å². The van der Waals surface area contributed by atoms with Crippen LogP contribution in [0.15, 0.2) is 28.7 Å². The number of piperazine rings is 1. The van der Waals surface area contributed by atoms with Crippen LogP contribution in [0.4, 0.5) is 4.79 Å². The van der Waals surface area contributed by atoms with Crippen LogP contribution in [0.1, 0.15) is 30.4 Å². The molecule has 2 amide bonds. The molecule has 0 saturated carbocycles. The second kappa shape index (κ2) is 8.36. The zero-order valence-electron chi connectivity index (χ0n) is 15.9. The van der Waals surface area contributed by atoms with Crippen LogP contribution >= 0.6 is 0 Å². The summed E-state index contributed by atoms with van der Waals surface area (Å²) in [5, 5.41) is 2.94. The van der Waals surface area contributed by atoms with Crippen molar-refractivity contribution in [1.82, 2.24) is 20.1 Å². The van der Waals surface area contributed by atoms with Crippen LogP contribution in [0.5, 0.6) is 0 Å². The molecule has 2 heterocycles. The van der Waals surface area contributed by atoms with Crippen LogP contribution in [-0.4, -0.2) is 53.5 Å². The van der Waals surface area contributed by atoms with Crippen molar-refractivity contribution >= 4 is 6.03 Å². The van der Waals surface area contributed by atoms with Crippen molar-refractivity contribution in [2.75, 3.05) is 32.7 Å². The van der Waals surface area contributed by atoms with E-state index in [4.69, 9.17) is 9.40 Å². The van der Waals surface area contributed by atoms with Crippen LogP contribution in [0.25, 0.3) is 11.5 Å². The summed E-state index contributed by atoms with van der Waals surface area (Å²) in [6, 6.07) is 8.26. The zero-order valence-corrected chi connectivity index (χ0v) is 15.9. The third-order valence-corrected chi connectivity index (χ3v) is 4.75. The van der Waals surface area contributed by atoms with Crippen LogP contribution in [0.2, 0.25) is 0 Å². The number of benzene rings is 1. The van der Waals surface area contributed by atoms with Gasteiger partial charge >= 0.3 is 6.03 Å². The van der Waals surface area contributed by atoms with Gasteiger partial charge in [-0.15, -0.1) is 0 Å². The molecule has 0 aliphatic carbocycles. The van der Waals surface area contributed by atoms with Gasteiger partial charge in [-0.3, -0.25) is 4.90 Å². The van der Waals surface area contributed by atoms with Gasteiger partial charge in [-0.2, -0.15) is 0 Å². The van der Waals surface area contributed by atoms with E-state index in [2.05, 4.69) is 36.2 Å². The number of nitrogens with zero attached hydrogens (tertiary/aromatic N) is 3. The van der Waals surface area contributed by atoms with E-state index in [1.165, 1.54) is 5.56 Å². The number of rotatable bonds is 5. The molecule has 1 aromatic heterocycles. The molecule has 26 heavy (non-hydrogen) atoms. The predicted octanol–water partition coefficient (Wildman–Crippen LogP) is 3.20. The molecule has 6 heteroatoms. The minimum absolute atomic E-state index is 0.0470. The highest BCUT2D eigenvalue weighted by Crippen LogP contribution is 2.23. The van der Waals surface area contributed by atoms with Gasteiger partial charge in [0.25, 0.3) is 0 Å². The molecular weight excluding hydrogens is 328 g/mol. The highest BCUT2D eigenvalue weighted by atomic mass is 16.4. The molecule has 1 aliphatic heterocycles. The fourth-order valence-corrected chi connectivity index (χ4v) is 3.06. The van der Waals surface area contributed by atoms with Gasteiger partial charge in [-0.1, -0.05) is 24.6 Å². The van der Waals surface area contributed by atoms with Crippen LogP contribution < -0.4 is 5.32 Å². The van der Waals surface area contributed by atoms with Crippen molar-refractivity contribution in [3.05, 3.63) is 41.3 Å². The third kappa shape index (κ3) is 4.43. The Kier molecular flexibility index (Phi) is 5.93. The number of hydrogen-bond donors (Lipinski definition) is 1. The van der Waals surface area contributed by atoms with Crippen molar-refractivity contribution in [1.29, 1.82) is 0 Å². The van der Waals surface area contributed by atoms with E-state index in [-0.39, 0.29) is 6.03 Å². The fraction of sp³-hybridized carbons (Fsp3) is 0.500. The first-order valence-corrected chi connectivity index (χ1v) is 9.35. The van der Waals surface area contributed by atoms with Gasteiger partial charge in [0.2, 0.25) is 5.89 Å². The lowest BCUT2D eigenvalue weighted by molar-refractivity contribution is 0.134. The van der Waals surface area contributed by atoms with Crippen LogP contribution in [0, 0.1) is 13.8 Å². The number of nitrogens with one attached hydrogen (secondary N) is 1. The number of hydrogen-bond acceptors (Lipinski definition) is 4. The lowest BCUT2D eigenvalue weighted by Gasteiger charge is -2.34. The maximum Gasteiger partial charge on any atom is 0.317 e. The Morgan fingerprint density at radius 3 is 2.50 bits per heavy atom. The van der Waals surface area contributed by atoms with E-state index in [1.54, 1.807) is 0 Å². The monoisotopic (exact) mass is 356 g/mol. The standard InChI is InChI=1S/C20H28N4O2/c1-4-9-21-20(25)24-12-10-23(11-13-24)14-18-16(3)26-19(22-18)17-7-5-15(2)6-8-17/h5-8H,4,9-14H2,1-3H3,(H,21,25). The van der Waals surface area contributed by atoms with Crippen molar-refractivity contribution in [3.63, 3.8) is 0 Å². The van der Waals surface area contributed by atoms with Gasteiger partial charge < -0.3 is 14.6 Å². The summed E-state index contributed by atoms with van der Waals surface area (Å²) in [5.74, 6) is 1.54. The molecule has 0 bridgehead atoms. The fourth-order valence-electron chi connectivity index (χ4n) is 3.06. The van der Waals surface area contributed by atoms with Gasteiger partial charge in [0.1, 0.15) is 5.76 Å². The summed E-state index contributed by atoms with van der Waals surface area (Å²) in [4.78, 5) is 20.9. The topological polar surface area (TPSA) is 61.6 Å². The summed E-state index contributed by atoms with van der Waals surface area (Å²) in [7, 11) is 0. The number of oxazole rings is 1. The van der Waals surface area contributed by atoms with Crippen molar-refractivity contribution < 1.29 is 9.21 Å². The van der Waals surface area contributed by atoms with Gasteiger partial charge in [-0.05, 0) is 32.4 Å². The highest BCUT2D eigenvalue weighted by Gasteiger charge is 2.22. The van der Waals surface area contributed by atoms with Gasteiger partial charge in [0.15, 0.2) is 0 Å². The van der Waals surface area contributed by atoms with E-state index in [0.29, 0.717) is 5.89 Å². The third-order valence-electron chi connectivity index (χ3n) is 4.75. The lowest BCUT2D eigenvalue weighted by atomic mass is 10.1. The Hall–Kier alpha value is -2.34. The largest absolute Gasteiger partial charge is 0.441 e. The zero-order chi connectivity index (χ0) is 18.5. The predicted molar refractivity (Wildman–Crippen MR) is 102 cm³/mol. The molecule has 1 aliphatic rings. The summed E-state index contributed by atoms with van der Waals surface area (Å²) in [6.45, 7) is 10.8. The van der Waals surface area contributed by atoms with E-state index in [1.807, 2.05) is 24.0 Å². The molecular formula is C20H28N4O2. The number of urea groups is 1. The number of carbonyl (C=O) groups excluding carboxylic acids is 1. The molecule has 1 fully saturated rings. The smallest absolute Gasteiger partial charge is 0.317 e. The lowest BCUT2D eigenvalue weighted by Crippen LogP contribution is -2.51. The normalized spacial score (nSPS) is 15.3. The van der Waals surface area contributed by atoms with Crippen LogP contribution in [-0.2, 0) is 6.54 Å². The molecule has 140 valence electrons. The number of aryl methyl sites for hydroxylation is 2. The van der Waals surface area contributed by atoms with Crippen LogP contribution in [0.3, 0.4) is 0 Å². The maximum absolute atomic E-state index is 12.0. The van der Waals surface area contributed by atoms with Crippen molar-refractivity contribution in [2.24, 2.45) is 0 Å². The van der Waals surface area contributed by atoms with Gasteiger partial charge in [0, 0.05) is 44.8 Å². The second-order valence-corrected chi connectivity index (χ2v) is 6.88. The molecule has 1 aromatic carbocycles. The summed E-state index contributed by atoms with van der Waals surface area (Å²) in [6.07, 6.45) is 0.959. The number of carbonyl (C=O) groups is 1. The molecule has 0 spiro atoms. The first kappa shape index (κ1) is 18.5. The summed E-state index contributed by atoms with van der Waals surface area (Å²) < 4.78 is 5.87. The average molecular weight is 356 g/mol. The Morgan fingerprint density at radius 1 is 1.15 bits per heavy atom. The first-order valence-electron chi connectivity index (χ1n) is 9.35. The maximum atomic E-state index is 12.0. The second-order valence-electron chi connectivity index (χ2n) is 6.88. The Morgan fingerprint density at radius 2 is 1.85 bits per heavy atom. The SMILES string of the molecule is CCCNC(=O)N1CCN(Cc2nc(-c3ccc(C)cc3)oc2C)CC1. The molecule has 3 rings (SSSR count). The first-order chi connectivity index (χ1) is 12.6. The molecule has 1 saturated heterocycles. The van der Waals surface area contributed by atoms with Gasteiger partial charge in [-0.25, -0.2) is 9.78 Å². The number of amides is 2. The Balaban J connectivity index is 1.57. The minimum atomic E-state index is 0.0470. The number of aromatic nitrogens is 1. The van der Waals surface area contributed by atoms with E-state index in [0.717, 1.165) is 62.7 Å². The molecule has 0 radical (unpaired) electrons. The Bertz CT molecular complexity index is 731. The summed E-state index contributed by atoms with van der Waals surface area (Å²) in [5.41, 5.74) is 3.20. The van der Waals surface area contributed by atoms with Crippen molar-refractivity contribution in [2.45, 2.75) is 33.7 Å². The average Bonchev–Trinajstić information content (AvgIpc) is 3.01. The molecule has 0 atom stereocenters. The quantitative estimate of drug-likeness (QED) is 0.894. The highest BCUT2D eigenvalue weighted by molar-refractivity contribution is 5.74. The van der Waals surface area contributed by atoms with E-state index in [9.17, 15) is 4.79 Å². The van der Waals surface area contributed by atoms with Gasteiger partial charge in [0.05, 0.1) is 5.69 Å².